The maximum Gasteiger partial charge on any atom is 0.191 e. The fourth-order valence-electron chi connectivity index (χ4n) is 2.07. The SMILES string of the molecule is CCNC(=NCC(C)Oc1ccc(F)cc1)NCCn1ccnc1.I. The molecule has 0 aliphatic rings. The Labute approximate surface area is 164 Å². The van der Waals surface area contributed by atoms with Crippen LogP contribution in [-0.2, 0) is 6.54 Å². The first-order chi connectivity index (χ1) is 11.7. The van der Waals surface area contributed by atoms with Crippen molar-refractivity contribution in [3.8, 4) is 5.75 Å². The molecule has 2 N–H and O–H groups in total. The fourth-order valence-corrected chi connectivity index (χ4v) is 2.07. The Bertz CT molecular complexity index is 618. The monoisotopic (exact) mass is 461 g/mol. The molecule has 25 heavy (non-hydrogen) atoms. The van der Waals surface area contributed by atoms with Gasteiger partial charge in [0.25, 0.3) is 0 Å². The van der Waals surface area contributed by atoms with Gasteiger partial charge in [-0.15, -0.1) is 24.0 Å². The number of rotatable bonds is 8. The number of guanidine groups is 1. The number of imidazole rings is 1. The Morgan fingerprint density at radius 1 is 1.32 bits per heavy atom. The fraction of sp³-hybridized carbons (Fsp3) is 0.412. The summed E-state index contributed by atoms with van der Waals surface area (Å²) in [6, 6.07) is 5.99. The highest BCUT2D eigenvalue weighted by Crippen LogP contribution is 2.12. The van der Waals surface area contributed by atoms with Crippen LogP contribution in [0.1, 0.15) is 13.8 Å². The molecule has 8 heteroatoms. The first-order valence-electron chi connectivity index (χ1n) is 8.07. The van der Waals surface area contributed by atoms with E-state index in [9.17, 15) is 4.39 Å². The zero-order chi connectivity index (χ0) is 17.2. The number of hydrogen-bond acceptors (Lipinski definition) is 3. The predicted octanol–water partition coefficient (Wildman–Crippen LogP) is 2.66. The summed E-state index contributed by atoms with van der Waals surface area (Å²) in [7, 11) is 0. The molecule has 1 aromatic heterocycles. The Morgan fingerprint density at radius 2 is 2.08 bits per heavy atom. The number of nitrogens with one attached hydrogen (secondary N) is 2. The van der Waals surface area contributed by atoms with Gasteiger partial charge in [-0.2, -0.15) is 0 Å². The van der Waals surface area contributed by atoms with Crippen molar-refractivity contribution < 1.29 is 9.13 Å². The zero-order valence-electron chi connectivity index (χ0n) is 14.5. The molecule has 1 heterocycles. The van der Waals surface area contributed by atoms with Crippen LogP contribution in [0.15, 0.2) is 48.0 Å². The summed E-state index contributed by atoms with van der Waals surface area (Å²) in [4.78, 5) is 8.53. The van der Waals surface area contributed by atoms with Crippen molar-refractivity contribution in [2.75, 3.05) is 19.6 Å². The third kappa shape index (κ3) is 8.19. The molecule has 1 aromatic carbocycles. The number of nitrogens with zero attached hydrogens (tertiary/aromatic N) is 3. The summed E-state index contributed by atoms with van der Waals surface area (Å²) in [5, 5.41) is 6.47. The summed E-state index contributed by atoms with van der Waals surface area (Å²) >= 11 is 0. The molecule has 0 saturated heterocycles. The summed E-state index contributed by atoms with van der Waals surface area (Å²) < 4.78 is 20.6. The Kier molecular flexibility index (Phi) is 9.90. The van der Waals surface area contributed by atoms with Gasteiger partial charge < -0.3 is 19.9 Å². The molecule has 2 aromatic rings. The van der Waals surface area contributed by atoms with Crippen LogP contribution < -0.4 is 15.4 Å². The van der Waals surface area contributed by atoms with Crippen LogP contribution in [0.5, 0.6) is 5.75 Å². The van der Waals surface area contributed by atoms with Crippen molar-refractivity contribution in [1.29, 1.82) is 0 Å². The third-order valence-electron chi connectivity index (χ3n) is 3.22. The lowest BCUT2D eigenvalue weighted by atomic mass is 10.3. The van der Waals surface area contributed by atoms with Gasteiger partial charge in [0.2, 0.25) is 0 Å². The Balaban J connectivity index is 0.00000312. The molecular weight excluding hydrogens is 436 g/mol. The van der Waals surface area contributed by atoms with Crippen molar-refractivity contribution in [2.45, 2.75) is 26.5 Å². The van der Waals surface area contributed by atoms with E-state index in [0.29, 0.717) is 12.3 Å². The van der Waals surface area contributed by atoms with E-state index < -0.39 is 0 Å². The lowest BCUT2D eigenvalue weighted by molar-refractivity contribution is 0.230. The third-order valence-corrected chi connectivity index (χ3v) is 3.22. The van der Waals surface area contributed by atoms with Crippen LogP contribution >= 0.6 is 24.0 Å². The van der Waals surface area contributed by atoms with Crippen molar-refractivity contribution in [1.82, 2.24) is 20.2 Å². The zero-order valence-corrected chi connectivity index (χ0v) is 16.8. The molecule has 0 fully saturated rings. The summed E-state index contributed by atoms with van der Waals surface area (Å²) in [5.74, 6) is 1.11. The summed E-state index contributed by atoms with van der Waals surface area (Å²) in [5.41, 5.74) is 0. The predicted molar refractivity (Wildman–Crippen MR) is 108 cm³/mol. The lowest BCUT2D eigenvalue weighted by Gasteiger charge is -2.15. The van der Waals surface area contributed by atoms with Crippen molar-refractivity contribution in [2.24, 2.45) is 4.99 Å². The quantitative estimate of drug-likeness (QED) is 0.361. The largest absolute Gasteiger partial charge is 0.489 e. The van der Waals surface area contributed by atoms with Crippen molar-refractivity contribution in [3.05, 3.63) is 48.8 Å². The number of aromatic nitrogens is 2. The second-order valence-corrected chi connectivity index (χ2v) is 5.33. The van der Waals surface area contributed by atoms with Gasteiger partial charge in [-0.1, -0.05) is 0 Å². The average Bonchev–Trinajstić information content (AvgIpc) is 3.08. The maximum atomic E-state index is 12.9. The smallest absolute Gasteiger partial charge is 0.191 e. The standard InChI is InChI=1S/C17H24FN5O.HI/c1-3-20-17(21-9-11-23-10-8-19-13-23)22-12-14(2)24-16-6-4-15(18)5-7-16;/h4-8,10,13-14H,3,9,11-12H2,1-2H3,(H2,20,21,22);1H. The van der Waals surface area contributed by atoms with E-state index in [2.05, 4.69) is 20.6 Å². The molecule has 138 valence electrons. The highest BCUT2D eigenvalue weighted by Gasteiger charge is 2.05. The Morgan fingerprint density at radius 3 is 2.72 bits per heavy atom. The van der Waals surface area contributed by atoms with Gasteiger partial charge in [-0.25, -0.2) is 14.4 Å². The van der Waals surface area contributed by atoms with E-state index >= 15 is 0 Å². The van der Waals surface area contributed by atoms with Gasteiger partial charge in [-0.3, -0.25) is 0 Å². The lowest BCUT2D eigenvalue weighted by Crippen LogP contribution is -2.39. The topological polar surface area (TPSA) is 63.5 Å². The summed E-state index contributed by atoms with van der Waals surface area (Å²) in [6.07, 6.45) is 5.35. The van der Waals surface area contributed by atoms with Crippen molar-refractivity contribution in [3.63, 3.8) is 0 Å². The molecular formula is C17H25FIN5O. The molecule has 0 radical (unpaired) electrons. The molecule has 0 spiro atoms. The van der Waals surface area contributed by atoms with Gasteiger partial charge in [0.05, 0.1) is 12.9 Å². The molecule has 0 bridgehead atoms. The van der Waals surface area contributed by atoms with Crippen molar-refractivity contribution >= 4 is 29.9 Å². The van der Waals surface area contributed by atoms with Gasteiger partial charge in [0, 0.05) is 32.0 Å². The first-order valence-corrected chi connectivity index (χ1v) is 8.07. The van der Waals surface area contributed by atoms with Crippen LogP contribution in [0, 0.1) is 5.82 Å². The van der Waals surface area contributed by atoms with E-state index in [4.69, 9.17) is 4.74 Å². The summed E-state index contributed by atoms with van der Waals surface area (Å²) in [6.45, 7) is 6.79. The Hall–Kier alpha value is -1.84. The van der Waals surface area contributed by atoms with E-state index in [1.165, 1.54) is 12.1 Å². The van der Waals surface area contributed by atoms with E-state index in [-0.39, 0.29) is 35.9 Å². The average molecular weight is 461 g/mol. The molecule has 0 saturated carbocycles. The van der Waals surface area contributed by atoms with E-state index in [1.54, 1.807) is 24.7 Å². The van der Waals surface area contributed by atoms with Crippen LogP contribution in [0.25, 0.3) is 0 Å². The van der Waals surface area contributed by atoms with Crippen LogP contribution in [-0.4, -0.2) is 41.2 Å². The van der Waals surface area contributed by atoms with Gasteiger partial charge in [-0.05, 0) is 38.1 Å². The maximum absolute atomic E-state index is 12.9. The number of aliphatic imine (C=N–C) groups is 1. The molecule has 1 unspecified atom stereocenters. The first kappa shape index (κ1) is 21.2. The highest BCUT2D eigenvalue weighted by atomic mass is 127. The molecule has 2 rings (SSSR count). The molecule has 0 amide bonds. The van der Waals surface area contributed by atoms with Gasteiger partial charge >= 0.3 is 0 Å². The van der Waals surface area contributed by atoms with E-state index in [0.717, 1.165) is 25.6 Å². The molecule has 1 atom stereocenters. The van der Waals surface area contributed by atoms with Crippen LogP contribution in [0.2, 0.25) is 0 Å². The van der Waals surface area contributed by atoms with Gasteiger partial charge in [0.15, 0.2) is 5.96 Å². The second-order valence-electron chi connectivity index (χ2n) is 5.33. The highest BCUT2D eigenvalue weighted by molar-refractivity contribution is 14.0. The van der Waals surface area contributed by atoms with Crippen LogP contribution in [0.4, 0.5) is 4.39 Å². The van der Waals surface area contributed by atoms with Gasteiger partial charge in [0.1, 0.15) is 17.7 Å². The minimum absolute atomic E-state index is 0. The number of ether oxygens (including phenoxy) is 1. The number of benzene rings is 1. The number of hydrogen-bond donors (Lipinski definition) is 2. The minimum atomic E-state index is -0.274. The number of halogens is 2. The second kappa shape index (κ2) is 11.7. The normalized spacial score (nSPS) is 12.2. The van der Waals surface area contributed by atoms with Crippen LogP contribution in [0.3, 0.4) is 0 Å². The molecule has 0 aliphatic heterocycles. The molecule has 0 aliphatic carbocycles. The van der Waals surface area contributed by atoms with E-state index in [1.807, 2.05) is 24.6 Å². The molecule has 6 nitrogen and oxygen atoms in total. The minimum Gasteiger partial charge on any atom is -0.489 e.